The molecule has 9 nitrogen and oxygen atoms in total. The van der Waals surface area contributed by atoms with Gasteiger partial charge in [-0.3, -0.25) is 14.9 Å². The lowest BCUT2D eigenvalue weighted by Crippen LogP contribution is -2.19. The molecule has 2 aromatic carbocycles. The molecule has 1 N–H and O–H groups in total. The number of carbonyl (C=O) groups excluding carboxylic acids is 1. The van der Waals surface area contributed by atoms with Gasteiger partial charge in [0.05, 0.1) is 23.5 Å². The van der Waals surface area contributed by atoms with Crippen LogP contribution in [-0.4, -0.2) is 36.2 Å². The molecule has 0 bridgehead atoms. The number of benzene rings is 2. The summed E-state index contributed by atoms with van der Waals surface area (Å²) in [5.74, 6) is 1.58. The number of carbonyl (C=O) groups is 1. The zero-order valence-electron chi connectivity index (χ0n) is 14.9. The maximum Gasteiger partial charge on any atom is 0.269 e. The highest BCUT2D eigenvalue weighted by Gasteiger charge is 2.17. The van der Waals surface area contributed by atoms with Crippen LogP contribution in [0.15, 0.2) is 46.4 Å². The van der Waals surface area contributed by atoms with E-state index in [0.29, 0.717) is 29.4 Å². The molecule has 146 valence electrons. The molecule has 1 amide bonds. The Morgan fingerprint density at radius 1 is 1.32 bits per heavy atom. The van der Waals surface area contributed by atoms with Crippen molar-refractivity contribution in [1.29, 1.82) is 0 Å². The van der Waals surface area contributed by atoms with Gasteiger partial charge in [-0.15, -0.1) is 11.8 Å². The van der Waals surface area contributed by atoms with Crippen LogP contribution in [0.5, 0.6) is 17.2 Å². The van der Waals surface area contributed by atoms with Crippen LogP contribution in [0.4, 0.5) is 5.69 Å². The molecule has 0 atom stereocenters. The molecule has 0 spiro atoms. The summed E-state index contributed by atoms with van der Waals surface area (Å²) in [6.45, 7) is 2.49. The second-order valence-corrected chi connectivity index (χ2v) is 6.56. The normalized spacial score (nSPS) is 12.2. The van der Waals surface area contributed by atoms with E-state index in [0.717, 1.165) is 4.90 Å². The van der Waals surface area contributed by atoms with Gasteiger partial charge in [-0.1, -0.05) is 0 Å². The molecule has 1 aliphatic heterocycles. The Hall–Kier alpha value is -3.27. The summed E-state index contributed by atoms with van der Waals surface area (Å²) in [5.41, 5.74) is 3.10. The number of nitrogens with one attached hydrogen (secondary N) is 1. The highest BCUT2D eigenvalue weighted by atomic mass is 32.2. The molecule has 1 heterocycles. The lowest BCUT2D eigenvalue weighted by atomic mass is 10.2. The SMILES string of the molecule is CCOc1cc2c(cc1/C=N/NC(=O)CSc1ccc([N+](=O)[O-])cc1)OCO2. The van der Waals surface area contributed by atoms with Crippen molar-refractivity contribution in [2.24, 2.45) is 5.10 Å². The molecule has 1 aliphatic rings. The third kappa shape index (κ3) is 4.92. The van der Waals surface area contributed by atoms with Crippen molar-refractivity contribution in [3.8, 4) is 17.2 Å². The van der Waals surface area contributed by atoms with Gasteiger partial charge in [-0.2, -0.15) is 5.10 Å². The number of nitro benzene ring substituents is 1. The van der Waals surface area contributed by atoms with Crippen molar-refractivity contribution < 1.29 is 23.9 Å². The number of ether oxygens (including phenoxy) is 3. The van der Waals surface area contributed by atoms with Gasteiger partial charge in [-0.05, 0) is 25.1 Å². The number of hydrazone groups is 1. The first-order valence-electron chi connectivity index (χ1n) is 8.32. The van der Waals surface area contributed by atoms with Gasteiger partial charge in [0, 0.05) is 28.7 Å². The first-order valence-corrected chi connectivity index (χ1v) is 9.31. The van der Waals surface area contributed by atoms with E-state index < -0.39 is 4.92 Å². The fraction of sp³-hybridized carbons (Fsp3) is 0.222. The van der Waals surface area contributed by atoms with E-state index in [2.05, 4.69) is 10.5 Å². The predicted molar refractivity (Wildman–Crippen MR) is 103 cm³/mol. The van der Waals surface area contributed by atoms with Gasteiger partial charge < -0.3 is 14.2 Å². The highest BCUT2D eigenvalue weighted by Crippen LogP contribution is 2.37. The summed E-state index contributed by atoms with van der Waals surface area (Å²) in [5, 5.41) is 14.6. The lowest BCUT2D eigenvalue weighted by Gasteiger charge is -2.08. The molecular formula is C18H17N3O6S. The van der Waals surface area contributed by atoms with E-state index in [-0.39, 0.29) is 24.1 Å². The van der Waals surface area contributed by atoms with E-state index in [4.69, 9.17) is 14.2 Å². The fourth-order valence-electron chi connectivity index (χ4n) is 2.34. The van der Waals surface area contributed by atoms with E-state index >= 15 is 0 Å². The average Bonchev–Trinajstić information content (AvgIpc) is 3.14. The lowest BCUT2D eigenvalue weighted by molar-refractivity contribution is -0.384. The summed E-state index contributed by atoms with van der Waals surface area (Å²) in [4.78, 5) is 22.9. The topological polar surface area (TPSA) is 112 Å². The van der Waals surface area contributed by atoms with Crippen LogP contribution in [0.3, 0.4) is 0 Å². The molecule has 0 fully saturated rings. The number of fused-ring (bicyclic) bond motifs is 1. The summed E-state index contributed by atoms with van der Waals surface area (Å²) in [7, 11) is 0. The molecule has 3 rings (SSSR count). The summed E-state index contributed by atoms with van der Waals surface area (Å²) >= 11 is 1.25. The standard InChI is InChI=1S/C18H17N3O6S/c1-2-25-15-8-17-16(26-11-27-17)7-12(15)9-19-20-18(22)10-28-14-5-3-13(4-6-14)21(23)24/h3-9H,2,10-11H2,1H3,(H,20,22)/b19-9+. The number of thioether (sulfide) groups is 1. The third-order valence-electron chi connectivity index (χ3n) is 3.62. The molecular weight excluding hydrogens is 386 g/mol. The van der Waals surface area contributed by atoms with Crippen LogP contribution >= 0.6 is 11.8 Å². The number of rotatable bonds is 8. The van der Waals surface area contributed by atoms with Crippen LogP contribution in [0.2, 0.25) is 0 Å². The maximum atomic E-state index is 11.9. The summed E-state index contributed by atoms with van der Waals surface area (Å²) < 4.78 is 16.2. The number of hydrogen-bond acceptors (Lipinski definition) is 8. The van der Waals surface area contributed by atoms with Crippen LogP contribution in [0.1, 0.15) is 12.5 Å². The zero-order valence-corrected chi connectivity index (χ0v) is 15.7. The van der Waals surface area contributed by atoms with Crippen LogP contribution in [0, 0.1) is 10.1 Å². The molecule has 0 unspecified atom stereocenters. The minimum Gasteiger partial charge on any atom is -0.493 e. The fourth-order valence-corrected chi connectivity index (χ4v) is 3.03. The Morgan fingerprint density at radius 2 is 2.04 bits per heavy atom. The van der Waals surface area contributed by atoms with E-state index in [1.165, 1.54) is 30.1 Å². The van der Waals surface area contributed by atoms with Crippen molar-refractivity contribution in [1.82, 2.24) is 5.43 Å². The molecule has 0 saturated heterocycles. The van der Waals surface area contributed by atoms with Crippen molar-refractivity contribution in [3.63, 3.8) is 0 Å². The van der Waals surface area contributed by atoms with Crippen molar-refractivity contribution >= 4 is 29.6 Å². The van der Waals surface area contributed by atoms with Gasteiger partial charge >= 0.3 is 0 Å². The van der Waals surface area contributed by atoms with Gasteiger partial charge in [-0.25, -0.2) is 5.43 Å². The molecule has 0 aromatic heterocycles. The van der Waals surface area contributed by atoms with E-state index in [1.54, 1.807) is 24.3 Å². The Morgan fingerprint density at radius 3 is 2.71 bits per heavy atom. The second kappa shape index (κ2) is 9.09. The minimum atomic E-state index is -0.470. The van der Waals surface area contributed by atoms with E-state index in [9.17, 15) is 14.9 Å². The Labute approximate surface area is 164 Å². The highest BCUT2D eigenvalue weighted by molar-refractivity contribution is 8.00. The number of nitro groups is 1. The monoisotopic (exact) mass is 403 g/mol. The summed E-state index contributed by atoms with van der Waals surface area (Å²) in [6.07, 6.45) is 1.47. The average molecular weight is 403 g/mol. The Kier molecular flexibility index (Phi) is 6.33. The molecule has 28 heavy (non-hydrogen) atoms. The van der Waals surface area contributed by atoms with Gasteiger partial charge in [0.1, 0.15) is 5.75 Å². The Bertz CT molecular complexity index is 901. The number of nitrogens with zero attached hydrogens (tertiary/aromatic N) is 2. The van der Waals surface area contributed by atoms with Crippen LogP contribution < -0.4 is 19.6 Å². The quantitative estimate of drug-likeness (QED) is 0.312. The van der Waals surface area contributed by atoms with E-state index in [1.807, 2.05) is 6.92 Å². The van der Waals surface area contributed by atoms with Crippen LogP contribution in [-0.2, 0) is 4.79 Å². The zero-order chi connectivity index (χ0) is 19.9. The smallest absolute Gasteiger partial charge is 0.269 e. The Balaban J connectivity index is 1.55. The molecule has 0 radical (unpaired) electrons. The third-order valence-corrected chi connectivity index (χ3v) is 4.63. The van der Waals surface area contributed by atoms with Crippen molar-refractivity contribution in [2.75, 3.05) is 19.2 Å². The summed E-state index contributed by atoms with van der Waals surface area (Å²) in [6, 6.07) is 9.44. The minimum absolute atomic E-state index is 0.00669. The molecule has 0 aliphatic carbocycles. The molecule has 2 aromatic rings. The number of non-ortho nitro benzene ring substituents is 1. The number of hydrogen-bond donors (Lipinski definition) is 1. The van der Waals surface area contributed by atoms with Crippen LogP contribution in [0.25, 0.3) is 0 Å². The van der Waals surface area contributed by atoms with Crippen molar-refractivity contribution in [3.05, 3.63) is 52.1 Å². The van der Waals surface area contributed by atoms with Gasteiger partial charge in [0.15, 0.2) is 11.5 Å². The maximum absolute atomic E-state index is 11.9. The molecule has 0 saturated carbocycles. The van der Waals surface area contributed by atoms with Gasteiger partial charge in [0.2, 0.25) is 12.7 Å². The first kappa shape index (κ1) is 19.5. The van der Waals surface area contributed by atoms with Crippen molar-refractivity contribution in [2.45, 2.75) is 11.8 Å². The predicted octanol–water partition coefficient (Wildman–Crippen LogP) is 2.96. The molecule has 10 heteroatoms. The number of amides is 1. The second-order valence-electron chi connectivity index (χ2n) is 5.51. The largest absolute Gasteiger partial charge is 0.493 e. The first-order chi connectivity index (χ1) is 13.6. The van der Waals surface area contributed by atoms with Gasteiger partial charge in [0.25, 0.3) is 5.69 Å².